The second kappa shape index (κ2) is 8.98. The largest absolute Gasteiger partial charge is 0.373 e. The lowest BCUT2D eigenvalue weighted by Gasteiger charge is -2.19. The summed E-state index contributed by atoms with van der Waals surface area (Å²) in [6.07, 6.45) is 1.59. The predicted molar refractivity (Wildman–Crippen MR) is 109 cm³/mol. The fourth-order valence-electron chi connectivity index (χ4n) is 3.41. The number of benzene rings is 1. The molecule has 1 atom stereocenters. The number of hydrogen-bond donors (Lipinski definition) is 1. The lowest BCUT2D eigenvalue weighted by Crippen LogP contribution is -2.27. The zero-order valence-electron chi connectivity index (χ0n) is 17.0. The average molecular weight is 399 g/mol. The van der Waals surface area contributed by atoms with E-state index in [1.165, 1.54) is 12.1 Å². The first-order valence-corrected chi connectivity index (χ1v) is 9.76. The highest BCUT2D eigenvalue weighted by atomic mass is 19.1. The zero-order chi connectivity index (χ0) is 21.0. The van der Waals surface area contributed by atoms with Gasteiger partial charge in [0.2, 0.25) is 11.8 Å². The van der Waals surface area contributed by atoms with E-state index in [9.17, 15) is 14.0 Å². The smallest absolute Gasteiger partial charge is 0.227 e. The van der Waals surface area contributed by atoms with Crippen LogP contribution in [-0.4, -0.2) is 47.3 Å². The van der Waals surface area contributed by atoms with E-state index in [4.69, 9.17) is 0 Å². The Hall–Kier alpha value is -3.03. The minimum atomic E-state index is -0.335. The minimum Gasteiger partial charge on any atom is -0.373 e. The monoisotopic (exact) mass is 399 g/mol. The van der Waals surface area contributed by atoms with E-state index >= 15 is 0 Å². The molecule has 1 saturated heterocycles. The fraction of sp³-hybridized carbons (Fsp3) is 0.429. The van der Waals surface area contributed by atoms with Crippen LogP contribution in [0.15, 0.2) is 30.3 Å². The number of halogens is 1. The number of nitrogens with one attached hydrogen (secondary N) is 1. The summed E-state index contributed by atoms with van der Waals surface area (Å²) in [7, 11) is 3.51. The van der Waals surface area contributed by atoms with Crippen LogP contribution < -0.4 is 10.2 Å². The maximum absolute atomic E-state index is 13.2. The molecule has 2 amide bonds. The van der Waals surface area contributed by atoms with Crippen LogP contribution in [0.4, 0.5) is 15.9 Å². The topological polar surface area (TPSA) is 78.4 Å². The second-order valence-corrected chi connectivity index (χ2v) is 7.23. The molecule has 0 radical (unpaired) electrons. The van der Waals surface area contributed by atoms with Gasteiger partial charge in [0.1, 0.15) is 17.5 Å². The van der Waals surface area contributed by atoms with Gasteiger partial charge in [0.05, 0.1) is 12.2 Å². The highest BCUT2D eigenvalue weighted by Crippen LogP contribution is 2.31. The van der Waals surface area contributed by atoms with E-state index in [-0.39, 0.29) is 23.5 Å². The van der Waals surface area contributed by atoms with Crippen LogP contribution in [-0.2, 0) is 16.1 Å². The van der Waals surface area contributed by atoms with Crippen LogP contribution in [0, 0.1) is 5.82 Å². The predicted octanol–water partition coefficient (Wildman–Crippen LogP) is 2.94. The molecule has 2 heterocycles. The first kappa shape index (κ1) is 20.7. The fourth-order valence-corrected chi connectivity index (χ4v) is 3.41. The number of carbonyl (C=O) groups excluding carboxylic acids is 2. The first-order chi connectivity index (χ1) is 13.9. The number of anilines is 2. The van der Waals surface area contributed by atoms with Crippen molar-refractivity contribution in [2.45, 2.75) is 38.6 Å². The molecule has 1 aliphatic heterocycles. The number of nitrogens with zero attached hydrogens (tertiary/aromatic N) is 4. The summed E-state index contributed by atoms with van der Waals surface area (Å²) in [4.78, 5) is 37.0. The van der Waals surface area contributed by atoms with E-state index in [0.29, 0.717) is 43.3 Å². The summed E-state index contributed by atoms with van der Waals surface area (Å²) in [5.41, 5.74) is 1.43. The summed E-state index contributed by atoms with van der Waals surface area (Å²) in [5.74, 6) is 0.769. The van der Waals surface area contributed by atoms with Crippen LogP contribution in [0.1, 0.15) is 43.6 Å². The lowest BCUT2D eigenvalue weighted by atomic mass is 10.0. The molecule has 1 fully saturated rings. The number of amides is 2. The van der Waals surface area contributed by atoms with Gasteiger partial charge in [-0.05, 0) is 30.7 Å². The van der Waals surface area contributed by atoms with Gasteiger partial charge in [-0.15, -0.1) is 0 Å². The van der Waals surface area contributed by atoms with Gasteiger partial charge in [0.25, 0.3) is 0 Å². The summed E-state index contributed by atoms with van der Waals surface area (Å²) in [5, 5.41) is 3.02. The SMILES string of the molecule is CCCC(=O)N(C)Cc1nc(NC)cc(C2CC(=O)N(c3ccc(F)cc3)C2)n1. The van der Waals surface area contributed by atoms with Crippen LogP contribution in [0.3, 0.4) is 0 Å². The molecule has 1 aromatic heterocycles. The van der Waals surface area contributed by atoms with Gasteiger partial charge in [-0.25, -0.2) is 14.4 Å². The van der Waals surface area contributed by atoms with Crippen molar-refractivity contribution in [3.05, 3.63) is 47.7 Å². The first-order valence-electron chi connectivity index (χ1n) is 9.76. The number of carbonyl (C=O) groups is 2. The maximum atomic E-state index is 13.2. The van der Waals surface area contributed by atoms with Crippen LogP contribution >= 0.6 is 0 Å². The Kier molecular flexibility index (Phi) is 6.41. The summed E-state index contributed by atoms with van der Waals surface area (Å²) in [6.45, 7) is 2.74. The van der Waals surface area contributed by atoms with Gasteiger partial charge in [0.15, 0.2) is 0 Å². The minimum absolute atomic E-state index is 0.0250. The van der Waals surface area contributed by atoms with Crippen molar-refractivity contribution >= 4 is 23.3 Å². The maximum Gasteiger partial charge on any atom is 0.227 e. The molecule has 0 saturated carbocycles. The molecular formula is C21H26FN5O2. The molecule has 29 heavy (non-hydrogen) atoms. The molecule has 1 aliphatic rings. The summed E-state index contributed by atoms with van der Waals surface area (Å²) < 4.78 is 13.2. The molecule has 7 nitrogen and oxygen atoms in total. The quantitative estimate of drug-likeness (QED) is 0.775. The molecule has 1 N–H and O–H groups in total. The van der Waals surface area contributed by atoms with Gasteiger partial charge < -0.3 is 15.1 Å². The van der Waals surface area contributed by atoms with Crippen molar-refractivity contribution in [3.63, 3.8) is 0 Å². The highest BCUT2D eigenvalue weighted by molar-refractivity contribution is 5.96. The molecular weight excluding hydrogens is 373 g/mol. The van der Waals surface area contributed by atoms with Crippen molar-refractivity contribution in [2.24, 2.45) is 0 Å². The standard InChI is InChI=1S/C21H26FN5O2/c1-4-5-20(28)26(3)13-19-24-17(11-18(23-2)25-19)14-10-21(29)27(12-14)16-8-6-15(22)7-9-16/h6-9,11,14H,4-5,10,12-13H2,1-3H3,(H,23,24,25). The van der Waals surface area contributed by atoms with Crippen LogP contribution in [0.2, 0.25) is 0 Å². The van der Waals surface area contributed by atoms with E-state index in [1.807, 2.05) is 13.0 Å². The third-order valence-electron chi connectivity index (χ3n) is 5.00. The molecule has 154 valence electrons. The molecule has 0 spiro atoms. The van der Waals surface area contributed by atoms with E-state index in [1.54, 1.807) is 36.0 Å². The van der Waals surface area contributed by atoms with E-state index in [0.717, 1.165) is 12.1 Å². The molecule has 0 aliphatic carbocycles. The van der Waals surface area contributed by atoms with Crippen molar-refractivity contribution in [1.29, 1.82) is 0 Å². The van der Waals surface area contributed by atoms with E-state index < -0.39 is 0 Å². The Labute approximate surface area is 169 Å². The van der Waals surface area contributed by atoms with E-state index in [2.05, 4.69) is 15.3 Å². The van der Waals surface area contributed by atoms with Crippen molar-refractivity contribution in [1.82, 2.24) is 14.9 Å². The van der Waals surface area contributed by atoms with Crippen molar-refractivity contribution < 1.29 is 14.0 Å². The lowest BCUT2D eigenvalue weighted by molar-refractivity contribution is -0.130. The van der Waals surface area contributed by atoms with Crippen LogP contribution in [0.5, 0.6) is 0 Å². The second-order valence-electron chi connectivity index (χ2n) is 7.23. The van der Waals surface area contributed by atoms with Gasteiger partial charge in [-0.3, -0.25) is 9.59 Å². The van der Waals surface area contributed by atoms with Crippen LogP contribution in [0.25, 0.3) is 0 Å². The zero-order valence-corrected chi connectivity index (χ0v) is 17.0. The van der Waals surface area contributed by atoms with Gasteiger partial charge >= 0.3 is 0 Å². The molecule has 1 aromatic carbocycles. The Balaban J connectivity index is 1.80. The number of hydrogen-bond acceptors (Lipinski definition) is 5. The third kappa shape index (κ3) is 4.88. The average Bonchev–Trinajstić information content (AvgIpc) is 3.10. The molecule has 8 heteroatoms. The Morgan fingerprint density at radius 3 is 2.69 bits per heavy atom. The molecule has 3 rings (SSSR count). The highest BCUT2D eigenvalue weighted by Gasteiger charge is 2.33. The third-order valence-corrected chi connectivity index (χ3v) is 5.00. The van der Waals surface area contributed by atoms with Gasteiger partial charge in [-0.2, -0.15) is 0 Å². The Morgan fingerprint density at radius 2 is 2.03 bits per heavy atom. The number of rotatable bonds is 7. The molecule has 2 aromatic rings. The summed E-state index contributed by atoms with van der Waals surface area (Å²) in [6, 6.07) is 7.74. The van der Waals surface area contributed by atoms with Gasteiger partial charge in [-0.1, -0.05) is 6.92 Å². The Bertz CT molecular complexity index is 887. The molecule has 0 bridgehead atoms. The summed E-state index contributed by atoms with van der Waals surface area (Å²) >= 11 is 0. The Morgan fingerprint density at radius 1 is 1.31 bits per heavy atom. The van der Waals surface area contributed by atoms with Gasteiger partial charge in [0, 0.05) is 51.2 Å². The van der Waals surface area contributed by atoms with Crippen molar-refractivity contribution in [2.75, 3.05) is 30.9 Å². The normalized spacial score (nSPS) is 16.2. The van der Waals surface area contributed by atoms with Crippen molar-refractivity contribution in [3.8, 4) is 0 Å². The molecule has 1 unspecified atom stereocenters. The number of aromatic nitrogens is 2.